The van der Waals surface area contributed by atoms with Crippen molar-refractivity contribution in [2.24, 2.45) is 0 Å². The van der Waals surface area contributed by atoms with E-state index in [9.17, 15) is 8.78 Å². The lowest BCUT2D eigenvalue weighted by molar-refractivity contribution is 0.145. The molecule has 0 saturated heterocycles. The molecular weight excluding hydrogens is 371 g/mol. The van der Waals surface area contributed by atoms with Crippen molar-refractivity contribution >= 4 is 38.5 Å². The maximum atomic E-state index is 12.6. The van der Waals surface area contributed by atoms with Crippen LogP contribution >= 0.6 is 38.5 Å². The Bertz CT molecular complexity index is 310. The molecule has 0 fully saturated rings. The molecule has 0 aliphatic heterocycles. The van der Waals surface area contributed by atoms with E-state index in [1.807, 2.05) is 22.6 Å². The average molecular weight is 378 g/mol. The number of halogens is 4. The Morgan fingerprint density at radius 3 is 2.64 bits per heavy atom. The van der Waals surface area contributed by atoms with Gasteiger partial charge in [-0.25, -0.2) is 13.8 Å². The third kappa shape index (κ3) is 2.60. The van der Waals surface area contributed by atoms with E-state index in [1.165, 1.54) is 0 Å². The molecule has 0 unspecified atom stereocenters. The number of alkyl halides is 3. The predicted octanol–water partition coefficient (Wildman–Crippen LogP) is 3.01. The van der Waals surface area contributed by atoms with Crippen LogP contribution in [0.25, 0.3) is 0 Å². The highest BCUT2D eigenvalue weighted by Gasteiger charge is 2.18. The summed E-state index contributed by atoms with van der Waals surface area (Å²) in [5, 5.41) is 9.23. The molecule has 0 atom stereocenters. The topological polar surface area (TPSA) is 33.1 Å². The first-order chi connectivity index (χ1) is 6.60. The van der Waals surface area contributed by atoms with Gasteiger partial charge in [0, 0.05) is 10.9 Å². The molecule has 1 aromatic rings. The molecule has 1 aromatic heterocycles. The molecule has 0 aliphatic rings. The SMILES string of the molecule is OCc1nc(I)cc(CBr)c1C(F)F. The minimum absolute atomic E-state index is 0.0568. The zero-order valence-corrected chi connectivity index (χ0v) is 10.7. The number of aliphatic hydroxyl groups is 1. The lowest BCUT2D eigenvalue weighted by atomic mass is 10.1. The molecule has 1 rings (SSSR count). The van der Waals surface area contributed by atoms with Crippen LogP contribution in [0.5, 0.6) is 0 Å². The van der Waals surface area contributed by atoms with Gasteiger partial charge in [0.1, 0.15) is 3.70 Å². The van der Waals surface area contributed by atoms with Gasteiger partial charge in [-0.2, -0.15) is 0 Å². The molecular formula is C8H7BrF2INO. The number of hydrogen-bond acceptors (Lipinski definition) is 2. The fourth-order valence-electron chi connectivity index (χ4n) is 1.13. The summed E-state index contributed by atoms with van der Waals surface area (Å²) >= 11 is 5.06. The lowest BCUT2D eigenvalue weighted by Gasteiger charge is -2.10. The second kappa shape index (κ2) is 5.32. The lowest BCUT2D eigenvalue weighted by Crippen LogP contribution is -2.04. The van der Waals surface area contributed by atoms with E-state index in [4.69, 9.17) is 5.11 Å². The second-order valence-electron chi connectivity index (χ2n) is 2.56. The summed E-state index contributed by atoms with van der Waals surface area (Å²) in [6.07, 6.45) is -2.60. The molecule has 0 aliphatic carbocycles. The van der Waals surface area contributed by atoms with Crippen LogP contribution in [0.15, 0.2) is 6.07 Å². The molecule has 0 saturated carbocycles. The highest BCUT2D eigenvalue weighted by Crippen LogP contribution is 2.28. The minimum atomic E-state index is -2.60. The Kier molecular flexibility index (Phi) is 4.65. The number of hydrogen-bond donors (Lipinski definition) is 1. The Hall–Kier alpha value is 0.180. The van der Waals surface area contributed by atoms with Crippen molar-refractivity contribution < 1.29 is 13.9 Å². The molecule has 2 nitrogen and oxygen atoms in total. The standard InChI is InChI=1S/C8H7BrF2INO/c9-2-4-1-6(12)13-5(3-14)7(4)8(10)11/h1,8,14H,2-3H2. The predicted molar refractivity (Wildman–Crippen MR) is 60.5 cm³/mol. The Labute approximate surface area is 102 Å². The van der Waals surface area contributed by atoms with E-state index >= 15 is 0 Å². The maximum absolute atomic E-state index is 12.6. The van der Waals surface area contributed by atoms with Crippen molar-refractivity contribution in [1.29, 1.82) is 0 Å². The van der Waals surface area contributed by atoms with E-state index in [2.05, 4.69) is 20.9 Å². The van der Waals surface area contributed by atoms with E-state index in [-0.39, 0.29) is 11.3 Å². The summed E-state index contributed by atoms with van der Waals surface area (Å²) in [5.41, 5.74) is 0.370. The van der Waals surface area contributed by atoms with Crippen LogP contribution in [0.1, 0.15) is 23.2 Å². The van der Waals surface area contributed by atoms with Gasteiger partial charge in [-0.05, 0) is 34.2 Å². The van der Waals surface area contributed by atoms with Gasteiger partial charge >= 0.3 is 0 Å². The van der Waals surface area contributed by atoms with Crippen molar-refractivity contribution in [1.82, 2.24) is 4.98 Å². The van der Waals surface area contributed by atoms with E-state index in [0.29, 0.717) is 14.6 Å². The third-order valence-electron chi connectivity index (χ3n) is 1.70. The van der Waals surface area contributed by atoms with Crippen molar-refractivity contribution in [3.8, 4) is 0 Å². The minimum Gasteiger partial charge on any atom is -0.390 e. The normalized spacial score (nSPS) is 11.0. The summed E-state index contributed by atoms with van der Waals surface area (Å²) in [6, 6.07) is 1.58. The zero-order valence-electron chi connectivity index (χ0n) is 6.98. The number of aromatic nitrogens is 1. The fourth-order valence-corrected chi connectivity index (χ4v) is 2.26. The van der Waals surface area contributed by atoms with Crippen molar-refractivity contribution in [2.75, 3.05) is 0 Å². The van der Waals surface area contributed by atoms with Crippen molar-refractivity contribution in [2.45, 2.75) is 18.4 Å². The molecule has 0 aromatic carbocycles. The molecule has 6 heteroatoms. The highest BCUT2D eigenvalue weighted by molar-refractivity contribution is 14.1. The molecule has 0 radical (unpaired) electrons. The average Bonchev–Trinajstić information content (AvgIpc) is 2.15. The molecule has 0 bridgehead atoms. The summed E-state index contributed by atoms with van der Waals surface area (Å²) < 4.78 is 25.8. The monoisotopic (exact) mass is 377 g/mol. The van der Waals surface area contributed by atoms with E-state index in [1.54, 1.807) is 6.07 Å². The summed E-state index contributed by atoms with van der Waals surface area (Å²) in [6.45, 7) is -0.462. The van der Waals surface area contributed by atoms with Crippen molar-refractivity contribution in [3.63, 3.8) is 0 Å². The molecule has 0 amide bonds. The van der Waals surface area contributed by atoms with Crippen LogP contribution < -0.4 is 0 Å². The van der Waals surface area contributed by atoms with Crippen LogP contribution in [0.4, 0.5) is 8.78 Å². The van der Waals surface area contributed by atoms with E-state index in [0.717, 1.165) is 0 Å². The van der Waals surface area contributed by atoms with Gasteiger partial charge < -0.3 is 5.11 Å². The van der Waals surface area contributed by atoms with Gasteiger partial charge in [-0.3, -0.25) is 0 Å². The van der Waals surface area contributed by atoms with Crippen LogP contribution in [-0.2, 0) is 11.9 Å². The third-order valence-corrected chi connectivity index (χ3v) is 2.86. The number of nitrogens with zero attached hydrogens (tertiary/aromatic N) is 1. The zero-order chi connectivity index (χ0) is 10.7. The first kappa shape index (κ1) is 12.3. The van der Waals surface area contributed by atoms with Gasteiger partial charge in [0.2, 0.25) is 0 Å². The first-order valence-electron chi connectivity index (χ1n) is 3.73. The van der Waals surface area contributed by atoms with Gasteiger partial charge in [0.15, 0.2) is 0 Å². The van der Waals surface area contributed by atoms with Gasteiger partial charge in [-0.1, -0.05) is 15.9 Å². The smallest absolute Gasteiger partial charge is 0.265 e. The first-order valence-corrected chi connectivity index (χ1v) is 5.93. The molecule has 78 valence electrons. The van der Waals surface area contributed by atoms with Crippen molar-refractivity contribution in [3.05, 3.63) is 26.6 Å². The molecule has 1 heterocycles. The molecule has 0 spiro atoms. The Morgan fingerprint density at radius 2 is 2.21 bits per heavy atom. The quantitative estimate of drug-likeness (QED) is 0.499. The van der Waals surface area contributed by atoms with E-state index < -0.39 is 13.0 Å². The van der Waals surface area contributed by atoms with Gasteiger partial charge in [-0.15, -0.1) is 0 Å². The summed E-state index contributed by atoms with van der Waals surface area (Å²) in [5.74, 6) is 0. The maximum Gasteiger partial charge on any atom is 0.265 e. The van der Waals surface area contributed by atoms with Crippen LogP contribution in [0.3, 0.4) is 0 Å². The molecule has 14 heavy (non-hydrogen) atoms. The number of aliphatic hydroxyl groups excluding tert-OH is 1. The van der Waals surface area contributed by atoms with Crippen LogP contribution in [0.2, 0.25) is 0 Å². The van der Waals surface area contributed by atoms with Crippen LogP contribution in [-0.4, -0.2) is 10.1 Å². The number of pyridine rings is 1. The number of rotatable bonds is 3. The second-order valence-corrected chi connectivity index (χ2v) is 4.22. The summed E-state index contributed by atoms with van der Waals surface area (Å²) in [7, 11) is 0. The largest absolute Gasteiger partial charge is 0.390 e. The van der Waals surface area contributed by atoms with Crippen LogP contribution in [0, 0.1) is 3.70 Å². The summed E-state index contributed by atoms with van der Waals surface area (Å²) in [4.78, 5) is 3.86. The Balaban J connectivity index is 3.33. The van der Waals surface area contributed by atoms with Gasteiger partial charge in [0.25, 0.3) is 6.43 Å². The molecule has 1 N–H and O–H groups in total. The highest BCUT2D eigenvalue weighted by atomic mass is 127. The van der Waals surface area contributed by atoms with Gasteiger partial charge in [0.05, 0.1) is 12.3 Å². The Morgan fingerprint density at radius 1 is 1.57 bits per heavy atom. The fraction of sp³-hybridized carbons (Fsp3) is 0.375.